The molecule has 0 unspecified atom stereocenters. The molecule has 11 nitrogen and oxygen atoms in total. The highest BCUT2D eigenvalue weighted by Crippen LogP contribution is 2.38. The number of aromatic nitrogens is 3. The smallest absolute Gasteiger partial charge is 0.354 e. The molecule has 11 heteroatoms. The summed E-state index contributed by atoms with van der Waals surface area (Å²) in [5.74, 6) is -1.92. The highest BCUT2D eigenvalue weighted by atomic mass is 16.6. The van der Waals surface area contributed by atoms with Crippen LogP contribution in [0.3, 0.4) is 0 Å². The van der Waals surface area contributed by atoms with E-state index in [1.54, 1.807) is 0 Å². The van der Waals surface area contributed by atoms with Crippen molar-refractivity contribution in [1.82, 2.24) is 14.4 Å². The minimum Gasteiger partial charge on any atom is -0.462 e. The van der Waals surface area contributed by atoms with Crippen molar-refractivity contribution >= 4 is 34.2 Å². The number of nitro groups is 2. The zero-order chi connectivity index (χ0) is 17.4. The molecule has 0 radical (unpaired) electrons. The molecule has 0 aliphatic carbocycles. The maximum atomic E-state index is 12.1. The van der Waals surface area contributed by atoms with Gasteiger partial charge in [0.2, 0.25) is 11.1 Å². The number of fused-ring (bicyclic) bond motifs is 3. The Morgan fingerprint density at radius 2 is 1.92 bits per heavy atom. The van der Waals surface area contributed by atoms with Crippen LogP contribution in [0.25, 0.3) is 16.7 Å². The van der Waals surface area contributed by atoms with Gasteiger partial charge in [-0.1, -0.05) is 0 Å². The molecule has 122 valence electrons. The van der Waals surface area contributed by atoms with Gasteiger partial charge in [-0.3, -0.25) is 10.1 Å². The van der Waals surface area contributed by atoms with Crippen LogP contribution in [0, 0.1) is 20.2 Å². The Labute approximate surface area is 132 Å². The summed E-state index contributed by atoms with van der Waals surface area (Å²) in [5.41, 5.74) is -1.24. The standard InChI is InChI=1S/C13H9N5O6/c1-2-24-13(19)9-10(17(20)21)8-4-3-7-11(15-6-5-14-7)16(8)12(9)18(22)23/h3-6H,2H2,1H3. The van der Waals surface area contributed by atoms with Gasteiger partial charge >= 0.3 is 17.5 Å². The van der Waals surface area contributed by atoms with Crippen molar-refractivity contribution in [3.05, 3.63) is 50.3 Å². The summed E-state index contributed by atoms with van der Waals surface area (Å²) >= 11 is 0. The summed E-state index contributed by atoms with van der Waals surface area (Å²) in [6.45, 7) is 1.41. The van der Waals surface area contributed by atoms with Crippen LogP contribution < -0.4 is 0 Å². The Bertz CT molecular complexity index is 1010. The molecule has 0 spiro atoms. The lowest BCUT2D eigenvalue weighted by molar-refractivity contribution is -0.394. The Hall–Kier alpha value is -3.63. The highest BCUT2D eigenvalue weighted by Gasteiger charge is 2.41. The van der Waals surface area contributed by atoms with Crippen LogP contribution in [0.1, 0.15) is 17.3 Å². The first-order valence-electron chi connectivity index (χ1n) is 6.71. The van der Waals surface area contributed by atoms with Crippen molar-refractivity contribution < 1.29 is 19.4 Å². The number of ether oxygens (including phenoxy) is 1. The minimum absolute atomic E-state index is 0.0281. The molecule has 0 aliphatic heterocycles. The lowest BCUT2D eigenvalue weighted by atomic mass is 10.2. The molecule has 0 N–H and O–H groups in total. The summed E-state index contributed by atoms with van der Waals surface area (Å²) in [4.78, 5) is 41.4. The molecule has 0 bridgehead atoms. The molecule has 0 saturated carbocycles. The van der Waals surface area contributed by atoms with Gasteiger partial charge in [0.25, 0.3) is 5.65 Å². The van der Waals surface area contributed by atoms with Gasteiger partial charge in [0.05, 0.1) is 11.5 Å². The zero-order valence-corrected chi connectivity index (χ0v) is 12.2. The molecule has 0 fully saturated rings. The van der Waals surface area contributed by atoms with E-state index in [1.165, 1.54) is 31.5 Å². The summed E-state index contributed by atoms with van der Waals surface area (Å²) in [5, 5.41) is 23.0. The maximum Gasteiger partial charge on any atom is 0.354 e. The van der Waals surface area contributed by atoms with E-state index >= 15 is 0 Å². The highest BCUT2D eigenvalue weighted by molar-refractivity contribution is 6.04. The molecule has 24 heavy (non-hydrogen) atoms. The van der Waals surface area contributed by atoms with Crippen LogP contribution in [-0.4, -0.2) is 36.8 Å². The van der Waals surface area contributed by atoms with Crippen LogP contribution in [0.15, 0.2) is 24.5 Å². The van der Waals surface area contributed by atoms with Crippen LogP contribution in [0.4, 0.5) is 11.5 Å². The van der Waals surface area contributed by atoms with Gasteiger partial charge in [-0.2, -0.15) is 4.40 Å². The van der Waals surface area contributed by atoms with Gasteiger partial charge < -0.3 is 14.9 Å². The average molecular weight is 331 g/mol. The minimum atomic E-state index is -1.14. The second-order valence-electron chi connectivity index (χ2n) is 4.60. The lowest BCUT2D eigenvalue weighted by Gasteiger charge is -2.00. The molecule has 0 atom stereocenters. The van der Waals surface area contributed by atoms with Gasteiger partial charge in [-0.15, -0.1) is 0 Å². The van der Waals surface area contributed by atoms with Crippen LogP contribution >= 0.6 is 0 Å². The van der Waals surface area contributed by atoms with Crippen molar-refractivity contribution in [1.29, 1.82) is 0 Å². The van der Waals surface area contributed by atoms with E-state index in [-0.39, 0.29) is 23.3 Å². The van der Waals surface area contributed by atoms with Crippen molar-refractivity contribution in [2.75, 3.05) is 6.61 Å². The molecule has 0 saturated heterocycles. The van der Waals surface area contributed by atoms with E-state index in [0.29, 0.717) is 0 Å². The van der Waals surface area contributed by atoms with Gasteiger partial charge in [0, 0.05) is 12.4 Å². The molecular formula is C13H9N5O6. The number of hydrogen-bond acceptors (Lipinski definition) is 8. The predicted octanol–water partition coefficient (Wildman–Crippen LogP) is 1.88. The molecule has 3 rings (SSSR count). The Balaban J connectivity index is 2.57. The van der Waals surface area contributed by atoms with Crippen molar-refractivity contribution in [2.24, 2.45) is 0 Å². The van der Waals surface area contributed by atoms with Crippen molar-refractivity contribution in [2.45, 2.75) is 6.92 Å². The lowest BCUT2D eigenvalue weighted by Crippen LogP contribution is -2.09. The monoisotopic (exact) mass is 331 g/mol. The number of carbonyl (C=O) groups excluding carboxylic acids is 1. The molecule has 0 aromatic carbocycles. The van der Waals surface area contributed by atoms with Gasteiger partial charge in [0.15, 0.2) is 0 Å². The Morgan fingerprint density at radius 3 is 2.54 bits per heavy atom. The number of hydrogen-bond donors (Lipinski definition) is 0. The maximum absolute atomic E-state index is 12.1. The van der Waals surface area contributed by atoms with Crippen LogP contribution in [0.2, 0.25) is 0 Å². The third-order valence-electron chi connectivity index (χ3n) is 3.31. The fraction of sp³-hybridized carbons (Fsp3) is 0.154. The Kier molecular flexibility index (Phi) is 3.52. The van der Waals surface area contributed by atoms with Gasteiger partial charge in [0.1, 0.15) is 5.52 Å². The van der Waals surface area contributed by atoms with Crippen LogP contribution in [0.5, 0.6) is 0 Å². The second kappa shape index (κ2) is 5.53. The quantitative estimate of drug-likeness (QED) is 0.400. The number of pyridine rings is 1. The second-order valence-corrected chi connectivity index (χ2v) is 4.60. The summed E-state index contributed by atoms with van der Waals surface area (Å²) in [7, 11) is 0. The first-order valence-corrected chi connectivity index (χ1v) is 6.71. The van der Waals surface area contributed by atoms with E-state index in [1.807, 2.05) is 0 Å². The average Bonchev–Trinajstić information content (AvgIpc) is 2.91. The fourth-order valence-corrected chi connectivity index (χ4v) is 2.47. The Morgan fingerprint density at radius 1 is 1.21 bits per heavy atom. The SMILES string of the molecule is CCOC(=O)c1c([N+](=O)[O-])c2ccc3nccnc3n2c1[N+](=O)[O-]. The molecule has 3 aromatic heterocycles. The third-order valence-corrected chi connectivity index (χ3v) is 3.31. The topological polar surface area (TPSA) is 143 Å². The summed E-state index contributed by atoms with van der Waals surface area (Å²) in [6, 6.07) is 2.72. The largest absolute Gasteiger partial charge is 0.462 e. The number of nitrogens with zero attached hydrogens (tertiary/aromatic N) is 5. The molecule has 0 amide bonds. The van der Waals surface area contributed by atoms with Crippen LogP contribution in [-0.2, 0) is 4.74 Å². The van der Waals surface area contributed by atoms with Gasteiger partial charge in [-0.05, 0) is 24.0 Å². The fourth-order valence-electron chi connectivity index (χ4n) is 2.47. The molecule has 3 aromatic rings. The van der Waals surface area contributed by atoms with E-state index in [0.717, 1.165) is 4.40 Å². The third kappa shape index (κ3) is 2.10. The van der Waals surface area contributed by atoms with Crippen molar-refractivity contribution in [3.8, 4) is 0 Å². The van der Waals surface area contributed by atoms with Gasteiger partial charge in [-0.25, -0.2) is 14.8 Å². The summed E-state index contributed by atoms with van der Waals surface area (Å²) in [6.07, 6.45) is 2.67. The normalized spacial score (nSPS) is 10.9. The molecular weight excluding hydrogens is 322 g/mol. The molecule has 0 aliphatic rings. The number of carbonyl (C=O) groups is 1. The van der Waals surface area contributed by atoms with Crippen molar-refractivity contribution in [3.63, 3.8) is 0 Å². The van der Waals surface area contributed by atoms with E-state index in [4.69, 9.17) is 4.74 Å². The first kappa shape index (κ1) is 15.3. The molecule has 3 heterocycles. The summed E-state index contributed by atoms with van der Waals surface area (Å²) < 4.78 is 5.69. The van der Waals surface area contributed by atoms with E-state index < -0.39 is 32.9 Å². The first-order chi connectivity index (χ1) is 11.5. The predicted molar refractivity (Wildman–Crippen MR) is 79.8 cm³/mol. The van der Waals surface area contributed by atoms with E-state index in [2.05, 4.69) is 9.97 Å². The van der Waals surface area contributed by atoms with E-state index in [9.17, 15) is 25.0 Å². The number of esters is 1. The number of rotatable bonds is 4. The zero-order valence-electron chi connectivity index (χ0n) is 12.2.